The minimum absolute atomic E-state index is 0.143. The van der Waals surface area contributed by atoms with Gasteiger partial charge < -0.3 is 20.4 Å². The number of carbonyl (C=O) groups excluding carboxylic acids is 4. The van der Waals surface area contributed by atoms with Crippen molar-refractivity contribution in [3.05, 3.63) is 0 Å². The van der Waals surface area contributed by atoms with Gasteiger partial charge in [0.15, 0.2) is 0 Å². The first-order chi connectivity index (χ1) is 10.3. The van der Waals surface area contributed by atoms with Crippen molar-refractivity contribution < 1.29 is 19.2 Å². The van der Waals surface area contributed by atoms with Gasteiger partial charge in [-0.05, 0) is 0 Å². The van der Waals surface area contributed by atoms with Gasteiger partial charge in [-0.3, -0.25) is 19.2 Å². The lowest BCUT2D eigenvalue weighted by molar-refractivity contribution is -0.135. The van der Waals surface area contributed by atoms with Gasteiger partial charge >= 0.3 is 0 Å². The molecule has 8 heteroatoms. The zero-order valence-corrected chi connectivity index (χ0v) is 13.8. The second-order valence-electron chi connectivity index (χ2n) is 4.98. The number of hydrogen-bond donors (Lipinski definition) is 2. The van der Waals surface area contributed by atoms with Gasteiger partial charge in [-0.25, -0.2) is 0 Å². The molecule has 0 aliphatic heterocycles. The van der Waals surface area contributed by atoms with Crippen LogP contribution in [0.3, 0.4) is 0 Å². The summed E-state index contributed by atoms with van der Waals surface area (Å²) < 4.78 is 0. The zero-order chi connectivity index (χ0) is 17.1. The maximum atomic E-state index is 11.8. The van der Waals surface area contributed by atoms with E-state index in [9.17, 15) is 19.2 Å². The van der Waals surface area contributed by atoms with Crippen LogP contribution in [0.25, 0.3) is 0 Å². The van der Waals surface area contributed by atoms with Crippen LogP contribution in [0.4, 0.5) is 0 Å². The lowest BCUT2D eigenvalue weighted by Gasteiger charge is -2.22. The van der Waals surface area contributed by atoms with E-state index in [1.54, 1.807) is 14.1 Å². The van der Waals surface area contributed by atoms with Crippen LogP contribution in [-0.2, 0) is 19.2 Å². The fourth-order valence-electron chi connectivity index (χ4n) is 1.62. The number of likely N-dealkylation sites (N-methyl/N-ethyl adjacent to an activating group) is 2. The molecule has 0 saturated carbocycles. The van der Waals surface area contributed by atoms with Crippen LogP contribution in [0.5, 0.6) is 0 Å². The molecule has 0 heterocycles. The third kappa shape index (κ3) is 8.23. The van der Waals surface area contributed by atoms with Crippen molar-refractivity contribution >= 4 is 23.6 Å². The molecule has 0 aromatic rings. The molecule has 0 rings (SSSR count). The Labute approximate surface area is 131 Å². The maximum absolute atomic E-state index is 11.8. The minimum Gasteiger partial charge on any atom is -0.359 e. The minimum atomic E-state index is -0.178. The van der Waals surface area contributed by atoms with Crippen molar-refractivity contribution in [3.63, 3.8) is 0 Å². The summed E-state index contributed by atoms with van der Waals surface area (Å²) in [4.78, 5) is 48.7. The fraction of sp³-hybridized carbons (Fsp3) is 0.714. The SMILES string of the molecule is CNC(=O)CCC(=O)N(C)CCN(C)C(=O)CCC(=O)NC. The lowest BCUT2D eigenvalue weighted by atomic mass is 10.2. The lowest BCUT2D eigenvalue weighted by Crippen LogP contribution is -2.38. The van der Waals surface area contributed by atoms with Crippen molar-refractivity contribution in [2.24, 2.45) is 0 Å². The molecule has 0 aromatic carbocycles. The average Bonchev–Trinajstić information content (AvgIpc) is 2.53. The topological polar surface area (TPSA) is 98.8 Å². The number of nitrogens with one attached hydrogen (secondary N) is 2. The summed E-state index contributed by atoms with van der Waals surface area (Å²) in [5.74, 6) is -0.642. The van der Waals surface area contributed by atoms with Crippen molar-refractivity contribution in [1.29, 1.82) is 0 Å². The first kappa shape index (κ1) is 19.9. The summed E-state index contributed by atoms with van der Waals surface area (Å²) >= 11 is 0. The molecule has 0 aliphatic carbocycles. The van der Waals surface area contributed by atoms with Crippen molar-refractivity contribution in [1.82, 2.24) is 20.4 Å². The van der Waals surface area contributed by atoms with E-state index in [1.807, 2.05) is 0 Å². The summed E-state index contributed by atoms with van der Waals surface area (Å²) in [5.41, 5.74) is 0. The normalized spacial score (nSPS) is 9.82. The Morgan fingerprint density at radius 2 is 1.00 bits per heavy atom. The van der Waals surface area contributed by atoms with Crippen molar-refractivity contribution in [3.8, 4) is 0 Å². The van der Waals surface area contributed by atoms with E-state index >= 15 is 0 Å². The highest BCUT2D eigenvalue weighted by atomic mass is 16.2. The Morgan fingerprint density at radius 3 is 1.27 bits per heavy atom. The summed E-state index contributed by atoms with van der Waals surface area (Å²) in [5, 5.41) is 4.91. The van der Waals surface area contributed by atoms with Gasteiger partial charge in [0.1, 0.15) is 0 Å². The molecule has 8 nitrogen and oxygen atoms in total. The highest BCUT2D eigenvalue weighted by molar-refractivity contribution is 5.84. The van der Waals surface area contributed by atoms with Crippen LogP contribution < -0.4 is 10.6 Å². The molecule has 0 radical (unpaired) electrons. The average molecular weight is 314 g/mol. The van der Waals surface area contributed by atoms with Crippen LogP contribution in [0, 0.1) is 0 Å². The fourth-order valence-corrected chi connectivity index (χ4v) is 1.62. The smallest absolute Gasteiger partial charge is 0.222 e. The Kier molecular flexibility index (Phi) is 9.56. The summed E-state index contributed by atoms with van der Waals surface area (Å²) in [6, 6.07) is 0. The maximum Gasteiger partial charge on any atom is 0.222 e. The third-order valence-electron chi connectivity index (χ3n) is 3.31. The molecule has 0 bridgehead atoms. The molecular weight excluding hydrogens is 288 g/mol. The van der Waals surface area contributed by atoms with E-state index in [1.165, 1.54) is 23.9 Å². The van der Waals surface area contributed by atoms with Crippen LogP contribution in [-0.4, -0.2) is 74.7 Å². The Bertz CT molecular complexity index is 374. The molecule has 0 aromatic heterocycles. The molecule has 0 atom stereocenters. The Balaban J connectivity index is 4.04. The number of rotatable bonds is 9. The highest BCUT2D eigenvalue weighted by Crippen LogP contribution is 1.99. The van der Waals surface area contributed by atoms with Gasteiger partial charge in [0.2, 0.25) is 23.6 Å². The zero-order valence-electron chi connectivity index (χ0n) is 13.8. The van der Waals surface area contributed by atoms with Crippen LogP contribution in [0.1, 0.15) is 25.7 Å². The van der Waals surface area contributed by atoms with Crippen LogP contribution in [0.15, 0.2) is 0 Å². The number of carbonyl (C=O) groups is 4. The second-order valence-corrected chi connectivity index (χ2v) is 4.98. The van der Waals surface area contributed by atoms with E-state index in [2.05, 4.69) is 10.6 Å². The molecule has 2 N–H and O–H groups in total. The van der Waals surface area contributed by atoms with E-state index in [4.69, 9.17) is 0 Å². The van der Waals surface area contributed by atoms with Crippen LogP contribution in [0.2, 0.25) is 0 Å². The number of amides is 4. The molecule has 4 amide bonds. The summed E-state index contributed by atoms with van der Waals surface area (Å²) in [7, 11) is 6.32. The van der Waals surface area contributed by atoms with E-state index in [0.717, 1.165) is 0 Å². The standard InChI is InChI=1S/C14H26N4O4/c1-15-11(19)5-7-13(21)17(3)9-10-18(4)14(22)8-6-12(20)16-2/h5-10H2,1-4H3,(H,15,19)(H,16,20). The predicted molar refractivity (Wildman–Crippen MR) is 81.9 cm³/mol. The number of nitrogens with zero attached hydrogens (tertiary/aromatic N) is 2. The highest BCUT2D eigenvalue weighted by Gasteiger charge is 2.14. The third-order valence-corrected chi connectivity index (χ3v) is 3.31. The predicted octanol–water partition coefficient (Wildman–Crippen LogP) is -1.04. The monoisotopic (exact) mass is 314 g/mol. The van der Waals surface area contributed by atoms with Gasteiger partial charge in [0.05, 0.1) is 0 Å². The Morgan fingerprint density at radius 1 is 0.682 bits per heavy atom. The Hall–Kier alpha value is -2.12. The van der Waals surface area contributed by atoms with E-state index in [-0.39, 0.29) is 49.3 Å². The van der Waals surface area contributed by atoms with Gasteiger partial charge in [0, 0.05) is 67.0 Å². The summed E-state index contributed by atoms with van der Waals surface area (Å²) in [6.45, 7) is 0.767. The van der Waals surface area contributed by atoms with Gasteiger partial charge in [-0.15, -0.1) is 0 Å². The molecule has 126 valence electrons. The largest absolute Gasteiger partial charge is 0.359 e. The quantitative estimate of drug-likeness (QED) is 0.567. The molecule has 0 spiro atoms. The van der Waals surface area contributed by atoms with Crippen molar-refractivity contribution in [2.45, 2.75) is 25.7 Å². The second kappa shape index (κ2) is 10.6. The number of hydrogen-bond acceptors (Lipinski definition) is 4. The molecule has 0 unspecified atom stereocenters. The molecule has 0 saturated heterocycles. The van der Waals surface area contributed by atoms with Gasteiger partial charge in [-0.2, -0.15) is 0 Å². The molecule has 0 aliphatic rings. The molecule has 0 fully saturated rings. The van der Waals surface area contributed by atoms with Gasteiger partial charge in [-0.1, -0.05) is 0 Å². The van der Waals surface area contributed by atoms with Crippen LogP contribution >= 0.6 is 0 Å². The van der Waals surface area contributed by atoms with E-state index < -0.39 is 0 Å². The first-order valence-corrected chi connectivity index (χ1v) is 7.20. The molecular formula is C14H26N4O4. The van der Waals surface area contributed by atoms with E-state index in [0.29, 0.717) is 13.1 Å². The van der Waals surface area contributed by atoms with Gasteiger partial charge in [0.25, 0.3) is 0 Å². The summed E-state index contributed by atoms with van der Waals surface area (Å²) in [6.07, 6.45) is 0.593. The van der Waals surface area contributed by atoms with Crippen molar-refractivity contribution in [2.75, 3.05) is 41.3 Å². The first-order valence-electron chi connectivity index (χ1n) is 7.20. The molecule has 22 heavy (non-hydrogen) atoms.